The third kappa shape index (κ3) is 6.14. The fourth-order valence-electron chi connectivity index (χ4n) is 2.44. The zero-order chi connectivity index (χ0) is 21.7. The van der Waals surface area contributed by atoms with Crippen LogP contribution >= 0.6 is 10.3 Å². The maximum atomic E-state index is 12.5. The van der Waals surface area contributed by atoms with Crippen LogP contribution in [-0.2, 0) is 20.3 Å². The number of imidazole rings is 1. The summed E-state index contributed by atoms with van der Waals surface area (Å²) in [7, 11) is -1.12. The van der Waals surface area contributed by atoms with Crippen molar-refractivity contribution in [2.24, 2.45) is 0 Å². The molecule has 0 saturated heterocycles. The molecule has 1 N–H and O–H groups in total. The van der Waals surface area contributed by atoms with E-state index in [2.05, 4.69) is 38.6 Å². The number of nitrogens with one attached hydrogen (secondary N) is 1. The smallest absolute Gasteiger partial charge is 0.333 e. The first kappa shape index (κ1) is 23.1. The van der Waals surface area contributed by atoms with Gasteiger partial charge in [-0.15, -0.1) is 10.3 Å². The third-order valence-corrected chi connectivity index (χ3v) is 8.59. The highest BCUT2D eigenvalue weighted by Gasteiger charge is 2.28. The van der Waals surface area contributed by atoms with Crippen LogP contribution in [0, 0.1) is 0 Å². The van der Waals surface area contributed by atoms with Crippen molar-refractivity contribution in [3.8, 4) is 5.69 Å². The van der Waals surface area contributed by atoms with Gasteiger partial charge in [-0.3, -0.25) is 13.9 Å². The maximum Gasteiger partial charge on any atom is 0.333 e. The number of anilines is 1. The number of hydrogen-bond donors (Lipinski definition) is 1. The van der Waals surface area contributed by atoms with E-state index < -0.39 is 16.3 Å². The van der Waals surface area contributed by atoms with E-state index in [1.807, 2.05) is 24.3 Å². The van der Waals surface area contributed by atoms with Crippen molar-refractivity contribution in [2.45, 2.75) is 39.0 Å². The van der Waals surface area contributed by atoms with Crippen molar-refractivity contribution in [2.75, 3.05) is 37.6 Å². The van der Waals surface area contributed by atoms with Gasteiger partial charge in [-0.2, -0.15) is 0 Å². The molecule has 1 aromatic heterocycles. The topological polar surface area (TPSA) is 74.5 Å². The fraction of sp³-hybridized carbons (Fsp3) is 0.524. The van der Waals surface area contributed by atoms with E-state index in [1.165, 1.54) is 9.13 Å². The van der Waals surface area contributed by atoms with Crippen molar-refractivity contribution in [3.63, 3.8) is 0 Å². The standard InChI is InChI=1S/C21H33N3O4S/c1-7-27-19(25)16-23-13-14-24(20(23)26)18-10-8-17(9-11-18)22-12-15-28-29(5,6)21(2,3)4/h8-11,13-14,22H,7,12,15-16H2,1-6H3. The first-order valence-electron chi connectivity index (χ1n) is 9.70. The molecule has 0 fully saturated rings. The van der Waals surface area contributed by atoms with Crippen LogP contribution in [0.25, 0.3) is 5.69 Å². The number of rotatable bonds is 9. The minimum atomic E-state index is -1.12. The lowest BCUT2D eigenvalue weighted by Crippen LogP contribution is -2.27. The first-order valence-corrected chi connectivity index (χ1v) is 12.1. The largest absolute Gasteiger partial charge is 0.465 e. The van der Waals surface area contributed by atoms with E-state index in [4.69, 9.17) is 8.92 Å². The zero-order valence-corrected chi connectivity index (χ0v) is 19.0. The molecule has 8 heteroatoms. The Balaban J connectivity index is 1.93. The summed E-state index contributed by atoms with van der Waals surface area (Å²) in [4.78, 5) is 24.1. The maximum absolute atomic E-state index is 12.5. The molecule has 2 rings (SSSR count). The van der Waals surface area contributed by atoms with Gasteiger partial charge in [-0.25, -0.2) is 4.79 Å². The number of benzene rings is 1. The summed E-state index contributed by atoms with van der Waals surface area (Å²) in [6.45, 7) is 9.90. The van der Waals surface area contributed by atoms with Crippen molar-refractivity contribution < 1.29 is 13.7 Å². The molecule has 0 aliphatic rings. The Hall–Kier alpha value is -2.19. The molecule has 0 atom stereocenters. The molecule has 162 valence electrons. The van der Waals surface area contributed by atoms with E-state index in [0.29, 0.717) is 19.8 Å². The lowest BCUT2D eigenvalue weighted by atomic mass is 10.3. The predicted octanol–water partition coefficient (Wildman–Crippen LogP) is 3.41. The summed E-state index contributed by atoms with van der Waals surface area (Å²) in [5, 5.41) is 3.34. The molecule has 0 radical (unpaired) electrons. The van der Waals surface area contributed by atoms with Gasteiger partial charge in [-0.05, 0) is 43.7 Å². The minimum absolute atomic E-state index is 0.0911. The van der Waals surface area contributed by atoms with Crippen LogP contribution in [0.2, 0.25) is 0 Å². The second-order valence-electron chi connectivity index (χ2n) is 8.02. The van der Waals surface area contributed by atoms with Crippen LogP contribution in [0.5, 0.6) is 0 Å². The van der Waals surface area contributed by atoms with E-state index in [-0.39, 0.29) is 17.0 Å². The summed E-state index contributed by atoms with van der Waals surface area (Å²) in [5.41, 5.74) is 1.41. The van der Waals surface area contributed by atoms with Crippen LogP contribution in [0.15, 0.2) is 41.5 Å². The van der Waals surface area contributed by atoms with Crippen molar-refractivity contribution >= 4 is 22.0 Å². The molecule has 0 spiro atoms. The Kier molecular flexibility index (Phi) is 7.60. The van der Waals surface area contributed by atoms with Crippen molar-refractivity contribution in [3.05, 3.63) is 47.1 Å². The van der Waals surface area contributed by atoms with E-state index >= 15 is 0 Å². The fourth-order valence-corrected chi connectivity index (χ4v) is 3.29. The summed E-state index contributed by atoms with van der Waals surface area (Å²) in [5.74, 6) is -0.425. The Morgan fingerprint density at radius 3 is 2.38 bits per heavy atom. The molecule has 0 aliphatic heterocycles. The van der Waals surface area contributed by atoms with Crippen molar-refractivity contribution in [1.82, 2.24) is 9.13 Å². The van der Waals surface area contributed by atoms with E-state index in [1.54, 1.807) is 19.3 Å². The van der Waals surface area contributed by atoms with Crippen molar-refractivity contribution in [1.29, 1.82) is 0 Å². The summed E-state index contributed by atoms with van der Waals surface area (Å²) < 4.78 is 14.0. The molecule has 7 nitrogen and oxygen atoms in total. The number of esters is 1. The van der Waals surface area contributed by atoms with Gasteiger partial charge in [0.1, 0.15) is 6.54 Å². The first-order chi connectivity index (χ1) is 13.5. The molecule has 1 heterocycles. The Bertz CT molecular complexity index is 863. The van der Waals surface area contributed by atoms with Crippen LogP contribution < -0.4 is 11.0 Å². The predicted molar refractivity (Wildman–Crippen MR) is 120 cm³/mol. The minimum Gasteiger partial charge on any atom is -0.465 e. The van der Waals surface area contributed by atoms with Crippen LogP contribution in [0.3, 0.4) is 0 Å². The average Bonchev–Trinajstić information content (AvgIpc) is 2.99. The average molecular weight is 424 g/mol. The molecular formula is C21H33N3O4S. The molecule has 0 saturated carbocycles. The summed E-state index contributed by atoms with van der Waals surface area (Å²) >= 11 is 0. The highest BCUT2D eigenvalue weighted by atomic mass is 32.3. The lowest BCUT2D eigenvalue weighted by molar-refractivity contribution is -0.143. The molecule has 0 unspecified atom stereocenters. The number of nitrogens with zero attached hydrogens (tertiary/aromatic N) is 2. The summed E-state index contributed by atoms with van der Waals surface area (Å²) in [6.07, 6.45) is 7.61. The van der Waals surface area contributed by atoms with Gasteiger partial charge < -0.3 is 14.2 Å². The number of ether oxygens (including phenoxy) is 1. The normalized spacial score (nSPS) is 12.6. The Morgan fingerprint density at radius 2 is 1.79 bits per heavy atom. The molecule has 2 aromatic rings. The Labute approximate surface area is 174 Å². The monoisotopic (exact) mass is 423 g/mol. The lowest BCUT2D eigenvalue weighted by Gasteiger charge is -2.43. The van der Waals surface area contributed by atoms with Crippen LogP contribution in [-0.4, -0.2) is 52.1 Å². The molecular weight excluding hydrogens is 390 g/mol. The van der Waals surface area contributed by atoms with Gasteiger partial charge in [0.05, 0.1) is 18.9 Å². The molecule has 0 bridgehead atoms. The quantitative estimate of drug-likeness (QED) is 0.494. The molecule has 0 aliphatic carbocycles. The van der Waals surface area contributed by atoms with Gasteiger partial charge in [0.2, 0.25) is 0 Å². The molecule has 29 heavy (non-hydrogen) atoms. The summed E-state index contributed by atoms with van der Waals surface area (Å²) in [6, 6.07) is 7.58. The second-order valence-corrected chi connectivity index (χ2v) is 12.0. The van der Waals surface area contributed by atoms with Crippen LogP contribution in [0.4, 0.5) is 5.69 Å². The number of aromatic nitrogens is 2. The SMILES string of the molecule is CCOC(=O)Cn1ccn(-c2ccc(NCCOS(C)(C)C(C)(C)C)cc2)c1=O. The molecule has 1 aromatic carbocycles. The van der Waals surface area contributed by atoms with Crippen LogP contribution in [0.1, 0.15) is 27.7 Å². The number of carbonyl (C=O) groups excluding carboxylic acids is 1. The molecule has 0 amide bonds. The number of carbonyl (C=O) groups is 1. The van der Waals surface area contributed by atoms with E-state index in [0.717, 1.165) is 11.4 Å². The third-order valence-electron chi connectivity index (χ3n) is 4.88. The van der Waals surface area contributed by atoms with Gasteiger partial charge in [0.25, 0.3) is 0 Å². The van der Waals surface area contributed by atoms with E-state index in [9.17, 15) is 9.59 Å². The van der Waals surface area contributed by atoms with Gasteiger partial charge in [0.15, 0.2) is 0 Å². The Morgan fingerprint density at radius 1 is 1.14 bits per heavy atom. The number of hydrogen-bond acceptors (Lipinski definition) is 5. The zero-order valence-electron chi connectivity index (χ0n) is 18.2. The van der Waals surface area contributed by atoms with Gasteiger partial charge in [0, 0.05) is 29.4 Å². The highest BCUT2D eigenvalue weighted by molar-refractivity contribution is 8.29. The van der Waals surface area contributed by atoms with Gasteiger partial charge in [-0.1, -0.05) is 20.8 Å². The highest BCUT2D eigenvalue weighted by Crippen LogP contribution is 2.53. The van der Waals surface area contributed by atoms with Gasteiger partial charge >= 0.3 is 11.7 Å². The second kappa shape index (κ2) is 9.54.